The number of carbonyl (C=O) groups is 3. The van der Waals surface area contributed by atoms with E-state index in [2.05, 4.69) is 16.0 Å². The van der Waals surface area contributed by atoms with Crippen LogP contribution in [0.1, 0.15) is 10.6 Å². The SMILES string of the molecule is O=C(CNC(=O)CNC(=O)c1ccco1)NCCSc1ccccc1. The highest BCUT2D eigenvalue weighted by Crippen LogP contribution is 2.15. The molecule has 1 heterocycles. The van der Waals surface area contributed by atoms with E-state index < -0.39 is 11.8 Å². The minimum atomic E-state index is -0.484. The molecule has 0 bridgehead atoms. The van der Waals surface area contributed by atoms with Gasteiger partial charge in [0, 0.05) is 17.2 Å². The Hall–Kier alpha value is -2.74. The molecule has 0 spiro atoms. The first-order chi connectivity index (χ1) is 12.1. The van der Waals surface area contributed by atoms with Crippen LogP contribution in [0.2, 0.25) is 0 Å². The molecule has 1 aromatic carbocycles. The Morgan fingerprint density at radius 3 is 2.32 bits per heavy atom. The normalized spacial score (nSPS) is 10.1. The molecular weight excluding hydrogens is 342 g/mol. The third kappa shape index (κ3) is 7.13. The van der Waals surface area contributed by atoms with Gasteiger partial charge in [0.2, 0.25) is 11.8 Å². The molecule has 7 nitrogen and oxygen atoms in total. The highest BCUT2D eigenvalue weighted by Gasteiger charge is 2.10. The van der Waals surface area contributed by atoms with E-state index in [1.54, 1.807) is 17.8 Å². The van der Waals surface area contributed by atoms with Crippen molar-refractivity contribution in [1.82, 2.24) is 16.0 Å². The van der Waals surface area contributed by atoms with Crippen molar-refractivity contribution in [2.45, 2.75) is 4.90 Å². The topological polar surface area (TPSA) is 100 Å². The number of amides is 3. The van der Waals surface area contributed by atoms with Crippen molar-refractivity contribution in [3.8, 4) is 0 Å². The quantitative estimate of drug-likeness (QED) is 0.458. The molecule has 0 aliphatic carbocycles. The largest absolute Gasteiger partial charge is 0.459 e. The Balaban J connectivity index is 1.53. The van der Waals surface area contributed by atoms with Crippen LogP contribution in [0.25, 0.3) is 0 Å². The monoisotopic (exact) mass is 361 g/mol. The first-order valence-corrected chi connectivity index (χ1v) is 8.66. The van der Waals surface area contributed by atoms with E-state index in [0.29, 0.717) is 6.54 Å². The zero-order valence-corrected chi connectivity index (χ0v) is 14.3. The molecule has 3 N–H and O–H groups in total. The summed E-state index contributed by atoms with van der Waals surface area (Å²) < 4.78 is 4.90. The predicted molar refractivity (Wildman–Crippen MR) is 94.2 cm³/mol. The number of nitrogens with one attached hydrogen (secondary N) is 3. The van der Waals surface area contributed by atoms with Gasteiger partial charge in [-0.2, -0.15) is 0 Å². The maximum atomic E-state index is 11.6. The number of hydrogen-bond donors (Lipinski definition) is 3. The molecule has 2 rings (SSSR count). The van der Waals surface area contributed by atoms with Crippen LogP contribution in [-0.2, 0) is 9.59 Å². The van der Waals surface area contributed by atoms with Crippen molar-refractivity contribution in [3.05, 3.63) is 54.5 Å². The number of furan rings is 1. The number of benzene rings is 1. The predicted octanol–water partition coefficient (Wildman–Crippen LogP) is 1.03. The van der Waals surface area contributed by atoms with E-state index in [1.807, 2.05) is 30.3 Å². The summed E-state index contributed by atoms with van der Waals surface area (Å²) in [5.74, 6) is -0.347. The molecule has 0 fully saturated rings. The zero-order valence-electron chi connectivity index (χ0n) is 13.5. The first kappa shape index (κ1) is 18.6. The number of rotatable bonds is 9. The van der Waals surface area contributed by atoms with Gasteiger partial charge in [-0.15, -0.1) is 11.8 Å². The Bertz CT molecular complexity index is 689. The lowest BCUT2D eigenvalue weighted by molar-refractivity contribution is -0.125. The van der Waals surface area contributed by atoms with Gasteiger partial charge < -0.3 is 20.4 Å². The number of carbonyl (C=O) groups excluding carboxylic acids is 3. The van der Waals surface area contributed by atoms with Crippen molar-refractivity contribution in [1.29, 1.82) is 0 Å². The van der Waals surface area contributed by atoms with Gasteiger partial charge in [-0.05, 0) is 24.3 Å². The fourth-order valence-corrected chi connectivity index (χ4v) is 2.62. The number of hydrogen-bond acceptors (Lipinski definition) is 5. The second-order valence-electron chi connectivity index (χ2n) is 4.95. The summed E-state index contributed by atoms with van der Waals surface area (Å²) in [5, 5.41) is 7.56. The third-order valence-corrected chi connectivity index (χ3v) is 4.05. The van der Waals surface area contributed by atoms with Crippen molar-refractivity contribution < 1.29 is 18.8 Å². The highest BCUT2D eigenvalue weighted by molar-refractivity contribution is 7.99. The van der Waals surface area contributed by atoms with Crippen LogP contribution in [-0.4, -0.2) is 43.1 Å². The van der Waals surface area contributed by atoms with Gasteiger partial charge in [0.25, 0.3) is 5.91 Å². The smallest absolute Gasteiger partial charge is 0.287 e. The molecule has 0 radical (unpaired) electrons. The summed E-state index contributed by atoms with van der Waals surface area (Å²) in [6, 6.07) is 12.9. The van der Waals surface area contributed by atoms with Gasteiger partial charge in [-0.25, -0.2) is 0 Å². The van der Waals surface area contributed by atoms with E-state index in [4.69, 9.17) is 4.42 Å². The lowest BCUT2D eigenvalue weighted by Gasteiger charge is -2.07. The second kappa shape index (κ2) is 10.2. The molecular formula is C17H19N3O4S. The molecule has 0 unspecified atom stereocenters. The minimum absolute atomic E-state index is 0.126. The van der Waals surface area contributed by atoms with Gasteiger partial charge >= 0.3 is 0 Å². The summed E-state index contributed by atoms with van der Waals surface area (Å²) in [7, 11) is 0. The second-order valence-corrected chi connectivity index (χ2v) is 6.12. The first-order valence-electron chi connectivity index (χ1n) is 7.68. The molecule has 0 atom stereocenters. The molecule has 1 aromatic heterocycles. The molecule has 8 heteroatoms. The van der Waals surface area contributed by atoms with Crippen LogP contribution in [0.3, 0.4) is 0 Å². The van der Waals surface area contributed by atoms with Gasteiger partial charge in [-0.1, -0.05) is 18.2 Å². The maximum Gasteiger partial charge on any atom is 0.287 e. The van der Waals surface area contributed by atoms with Gasteiger partial charge in [0.15, 0.2) is 5.76 Å². The molecule has 3 amide bonds. The van der Waals surface area contributed by atoms with Gasteiger partial charge in [0.1, 0.15) is 0 Å². The van der Waals surface area contributed by atoms with Crippen LogP contribution < -0.4 is 16.0 Å². The zero-order chi connectivity index (χ0) is 17.9. The van der Waals surface area contributed by atoms with E-state index in [-0.39, 0.29) is 24.8 Å². The Labute approximate surface area is 149 Å². The third-order valence-electron chi connectivity index (χ3n) is 3.04. The van der Waals surface area contributed by atoms with Crippen LogP contribution in [0.15, 0.2) is 58.0 Å². The molecule has 25 heavy (non-hydrogen) atoms. The van der Waals surface area contributed by atoms with E-state index in [9.17, 15) is 14.4 Å². The Morgan fingerprint density at radius 2 is 1.60 bits per heavy atom. The van der Waals surface area contributed by atoms with Crippen molar-refractivity contribution in [2.75, 3.05) is 25.4 Å². The summed E-state index contributed by atoms with van der Waals surface area (Å²) in [6.07, 6.45) is 1.37. The average Bonchev–Trinajstić information content (AvgIpc) is 3.17. The van der Waals surface area contributed by atoms with Gasteiger partial charge in [-0.3, -0.25) is 14.4 Å². The summed E-state index contributed by atoms with van der Waals surface area (Å²) in [4.78, 5) is 36.0. The summed E-state index contributed by atoms with van der Waals surface area (Å²) in [6.45, 7) is 0.144. The highest BCUT2D eigenvalue weighted by atomic mass is 32.2. The Morgan fingerprint density at radius 1 is 0.880 bits per heavy atom. The van der Waals surface area contributed by atoms with E-state index in [1.165, 1.54) is 12.3 Å². The van der Waals surface area contributed by atoms with Crippen LogP contribution >= 0.6 is 11.8 Å². The molecule has 0 aliphatic heterocycles. The van der Waals surface area contributed by atoms with Gasteiger partial charge in [0.05, 0.1) is 19.4 Å². The van der Waals surface area contributed by atoms with E-state index in [0.717, 1.165) is 10.6 Å². The molecule has 2 aromatic rings. The fourth-order valence-electron chi connectivity index (χ4n) is 1.84. The van der Waals surface area contributed by atoms with Crippen LogP contribution in [0, 0.1) is 0 Å². The summed E-state index contributed by atoms with van der Waals surface area (Å²) in [5.41, 5.74) is 0. The number of thioether (sulfide) groups is 1. The average molecular weight is 361 g/mol. The minimum Gasteiger partial charge on any atom is -0.459 e. The molecule has 0 aliphatic rings. The fraction of sp³-hybridized carbons (Fsp3) is 0.235. The maximum absolute atomic E-state index is 11.6. The van der Waals surface area contributed by atoms with Crippen molar-refractivity contribution in [3.63, 3.8) is 0 Å². The molecule has 0 saturated carbocycles. The molecule has 132 valence electrons. The lowest BCUT2D eigenvalue weighted by atomic mass is 10.4. The van der Waals surface area contributed by atoms with Crippen LogP contribution in [0.5, 0.6) is 0 Å². The lowest BCUT2D eigenvalue weighted by Crippen LogP contribution is -2.42. The van der Waals surface area contributed by atoms with Crippen molar-refractivity contribution >= 4 is 29.5 Å². The molecule has 0 saturated heterocycles. The van der Waals surface area contributed by atoms with Crippen molar-refractivity contribution in [2.24, 2.45) is 0 Å². The Kier molecular flexibility index (Phi) is 7.58. The van der Waals surface area contributed by atoms with Crippen LogP contribution in [0.4, 0.5) is 0 Å². The standard InChI is InChI=1S/C17H19N3O4S/c21-15(18-8-10-25-13-5-2-1-3-6-13)11-19-16(22)12-20-17(23)14-7-4-9-24-14/h1-7,9H,8,10-12H2,(H,18,21)(H,19,22)(H,20,23). The van der Waals surface area contributed by atoms with E-state index >= 15 is 0 Å². The summed E-state index contributed by atoms with van der Waals surface area (Å²) >= 11 is 1.64.